The van der Waals surface area contributed by atoms with Crippen molar-refractivity contribution in [1.29, 1.82) is 0 Å². The molecule has 2 aliphatic rings. The lowest BCUT2D eigenvalue weighted by Gasteiger charge is -2.30. The van der Waals surface area contributed by atoms with Gasteiger partial charge in [0, 0.05) is 29.1 Å². The van der Waals surface area contributed by atoms with E-state index in [1.165, 1.54) is 14.2 Å². The molecule has 0 aliphatic carbocycles. The van der Waals surface area contributed by atoms with Crippen LogP contribution in [0.3, 0.4) is 0 Å². The molecule has 4 atom stereocenters. The molecule has 0 spiro atoms. The molecule has 17 heteroatoms. The molecule has 4 heterocycles. The van der Waals surface area contributed by atoms with Crippen LogP contribution in [0.2, 0.25) is 0 Å². The van der Waals surface area contributed by atoms with Crippen molar-refractivity contribution in [2.24, 2.45) is 5.92 Å². The normalized spacial score (nSPS) is 16.2. The van der Waals surface area contributed by atoms with E-state index < -0.39 is 24.3 Å². The van der Waals surface area contributed by atoms with Gasteiger partial charge in [0.05, 0.1) is 44.4 Å². The van der Waals surface area contributed by atoms with Gasteiger partial charge in [0.15, 0.2) is 0 Å². The zero-order valence-electron chi connectivity index (χ0n) is 35.7. The van der Waals surface area contributed by atoms with Gasteiger partial charge in [-0.25, -0.2) is 19.6 Å². The molecule has 3 aromatic carbocycles. The lowest BCUT2D eigenvalue weighted by Crippen LogP contribution is -2.51. The average molecular weight is 926 g/mol. The molecule has 64 heavy (non-hydrogen) atoms. The Morgan fingerprint density at radius 2 is 1.33 bits per heavy atom. The van der Waals surface area contributed by atoms with Gasteiger partial charge in [-0.1, -0.05) is 80.4 Å². The number of ether oxygens (including phenoxy) is 2. The highest BCUT2D eigenvalue weighted by atomic mass is 35.5. The van der Waals surface area contributed by atoms with Gasteiger partial charge in [-0.3, -0.25) is 9.59 Å². The van der Waals surface area contributed by atoms with Crippen LogP contribution in [0.4, 0.5) is 9.59 Å². The monoisotopic (exact) mass is 924 g/mol. The van der Waals surface area contributed by atoms with Crippen molar-refractivity contribution in [3.05, 3.63) is 114 Å². The third-order valence-corrected chi connectivity index (χ3v) is 11.6. The molecule has 4 amide bonds. The third kappa shape index (κ3) is 11.0. The molecule has 2 aromatic heterocycles. The maximum Gasteiger partial charge on any atom is 0.407 e. The van der Waals surface area contributed by atoms with Crippen molar-refractivity contribution in [2.75, 3.05) is 27.3 Å². The molecule has 0 bridgehead atoms. The van der Waals surface area contributed by atoms with Crippen molar-refractivity contribution in [1.82, 2.24) is 40.4 Å². The number of aromatic nitrogens is 4. The Kier molecular flexibility index (Phi) is 16.9. The van der Waals surface area contributed by atoms with E-state index in [2.05, 4.69) is 49.3 Å². The summed E-state index contributed by atoms with van der Waals surface area (Å²) in [4.78, 5) is 71.8. The first kappa shape index (κ1) is 48.6. The first-order chi connectivity index (χ1) is 30.1. The van der Waals surface area contributed by atoms with Crippen LogP contribution in [-0.4, -0.2) is 87.1 Å². The number of alkyl carbamates (subject to hydrolysis) is 2. The van der Waals surface area contributed by atoms with E-state index >= 15 is 0 Å². The van der Waals surface area contributed by atoms with Gasteiger partial charge in [-0.15, -0.1) is 37.4 Å². The van der Waals surface area contributed by atoms with E-state index in [9.17, 15) is 19.2 Å². The summed E-state index contributed by atoms with van der Waals surface area (Å²) in [7, 11) is 2.55. The largest absolute Gasteiger partial charge is 0.453 e. The van der Waals surface area contributed by atoms with Crippen molar-refractivity contribution in [2.45, 2.75) is 68.6 Å². The van der Waals surface area contributed by atoms with Gasteiger partial charge in [-0.05, 0) is 78.2 Å². The summed E-state index contributed by atoms with van der Waals surface area (Å²) in [6.07, 6.45) is 5.15. The quantitative estimate of drug-likeness (QED) is 0.0697. The molecule has 0 radical (unpaired) electrons. The number of rotatable bonds is 10. The van der Waals surface area contributed by atoms with Gasteiger partial charge >= 0.3 is 12.2 Å². The van der Waals surface area contributed by atoms with Crippen molar-refractivity contribution in [3.8, 4) is 46.1 Å². The minimum absolute atomic E-state index is 0. The molecule has 7 rings (SSSR count). The summed E-state index contributed by atoms with van der Waals surface area (Å²) in [6, 6.07) is 20.7. The van der Waals surface area contributed by atoms with Crippen LogP contribution >= 0.6 is 37.4 Å². The number of carbonyl (C=O) groups is 4. The Balaban J connectivity index is 0.00000385. The van der Waals surface area contributed by atoms with E-state index in [-0.39, 0.29) is 54.6 Å². The molecular formula is C47H50Cl2N8O6S. The van der Waals surface area contributed by atoms with Crippen LogP contribution in [0, 0.1) is 29.6 Å². The lowest BCUT2D eigenvalue weighted by atomic mass is 10.0. The number of nitrogens with zero attached hydrogens (tertiary/aromatic N) is 4. The predicted octanol–water partition coefficient (Wildman–Crippen LogP) is 7.81. The fourth-order valence-electron chi connectivity index (χ4n) is 7.92. The summed E-state index contributed by atoms with van der Waals surface area (Å²) >= 11 is 4.95. The average Bonchev–Trinajstić information content (AvgIpc) is 4.14. The van der Waals surface area contributed by atoms with Crippen molar-refractivity contribution in [3.63, 3.8) is 0 Å². The van der Waals surface area contributed by atoms with Gasteiger partial charge in [-0.2, -0.15) is 0 Å². The van der Waals surface area contributed by atoms with Crippen molar-refractivity contribution >= 4 is 61.4 Å². The SMILES string of the molecule is COC(=O)NC(C(=O)N1CCCC1c1ncc(C#CC#Cc2ccc(-c3cccc(-c4cnc(C5CCCN5C(=O)[C@@H](NC(=O)OC)C(C)C)[nH]4)c3S)cc2)[nH]1)c1ccccc1.Cl.Cl. The first-order valence-electron chi connectivity index (χ1n) is 20.5. The number of hydrogen-bond donors (Lipinski definition) is 5. The highest BCUT2D eigenvalue weighted by molar-refractivity contribution is 7.80. The van der Waals surface area contributed by atoms with Crippen molar-refractivity contribution < 1.29 is 28.7 Å². The number of methoxy groups -OCH3 is 2. The van der Waals surface area contributed by atoms with E-state index in [0.717, 1.165) is 52.1 Å². The Morgan fingerprint density at radius 1 is 0.734 bits per heavy atom. The standard InChI is InChI=1S/C47H48N8O6S.2ClH/c1-29(2)39(52-46(58)60-3)44(56)54-25-12-20-38(54)43-49-28-36(51-43)35-18-10-17-34(41(35)62)31-23-21-30(22-24-31)13-8-9-16-33-27-48-42(50-33)37-19-11-26-55(37)45(57)40(53-47(59)61-4)32-14-6-5-7-15-32;;/h5-7,10,14-15,17-18,21-24,27-29,37-40,62H,11-12,19-20,25-26H2,1-4H3,(H,48,50)(H,49,51)(H,52,58)(H,53,59);2*1H/t37?,38?,39-,40?;;/m0../s1. The molecule has 14 nitrogen and oxygen atoms in total. The van der Waals surface area contributed by atoms with Crippen LogP contribution < -0.4 is 10.6 Å². The molecule has 3 unspecified atom stereocenters. The number of likely N-dealkylation sites (tertiary alicyclic amines) is 2. The summed E-state index contributed by atoms with van der Waals surface area (Å²) in [5.74, 6) is 12.7. The second-order valence-corrected chi connectivity index (χ2v) is 15.8. The number of halogens is 2. The summed E-state index contributed by atoms with van der Waals surface area (Å²) in [5, 5.41) is 5.37. The van der Waals surface area contributed by atoms with Gasteiger partial charge in [0.25, 0.3) is 5.91 Å². The smallest absolute Gasteiger partial charge is 0.407 e. The second kappa shape index (κ2) is 22.3. The van der Waals surface area contributed by atoms with Gasteiger partial charge in [0.1, 0.15) is 29.4 Å². The molecule has 0 saturated carbocycles. The van der Waals surface area contributed by atoms with E-state index in [4.69, 9.17) is 27.1 Å². The minimum atomic E-state index is -0.901. The molecule has 4 N–H and O–H groups in total. The predicted molar refractivity (Wildman–Crippen MR) is 250 cm³/mol. The Morgan fingerprint density at radius 3 is 1.98 bits per heavy atom. The number of thiol groups is 1. The van der Waals surface area contributed by atoms with Crippen LogP contribution in [0.1, 0.15) is 86.1 Å². The van der Waals surface area contributed by atoms with Crippen LogP contribution in [-0.2, 0) is 19.1 Å². The minimum Gasteiger partial charge on any atom is -0.453 e. The van der Waals surface area contributed by atoms with E-state index in [1.807, 2.05) is 74.5 Å². The molecule has 2 fully saturated rings. The lowest BCUT2D eigenvalue weighted by molar-refractivity contribution is -0.135. The third-order valence-electron chi connectivity index (χ3n) is 11.1. The number of aromatic amines is 2. The number of hydrogen-bond acceptors (Lipinski definition) is 9. The maximum absolute atomic E-state index is 13.8. The summed E-state index contributed by atoms with van der Waals surface area (Å²) < 4.78 is 9.56. The number of H-pyrrole nitrogens is 2. The fraction of sp³-hybridized carbons (Fsp3) is 0.319. The van der Waals surface area contributed by atoms with Gasteiger partial charge in [0.2, 0.25) is 5.91 Å². The topological polar surface area (TPSA) is 175 Å². The van der Waals surface area contributed by atoms with Gasteiger partial charge < -0.3 is 39.9 Å². The Labute approximate surface area is 390 Å². The highest BCUT2D eigenvalue weighted by Gasteiger charge is 2.38. The van der Waals surface area contributed by atoms with Crippen LogP contribution in [0.25, 0.3) is 22.4 Å². The van der Waals surface area contributed by atoms with Crippen LogP contribution in [0.5, 0.6) is 0 Å². The number of carbonyl (C=O) groups excluding carboxylic acids is 4. The number of imidazole rings is 2. The highest BCUT2D eigenvalue weighted by Crippen LogP contribution is 2.37. The zero-order chi connectivity index (χ0) is 43.8. The summed E-state index contributed by atoms with van der Waals surface area (Å²) in [5.41, 5.74) is 5.56. The van der Waals surface area contributed by atoms with Crippen LogP contribution in [0.15, 0.2) is 90.1 Å². The summed E-state index contributed by atoms with van der Waals surface area (Å²) in [6.45, 7) is 4.87. The Hall–Kier alpha value is -6.39. The number of benzene rings is 3. The molecular weight excluding hydrogens is 876 g/mol. The second-order valence-electron chi connectivity index (χ2n) is 15.4. The molecule has 2 aliphatic heterocycles. The number of nitrogens with one attached hydrogen (secondary N) is 4. The van der Waals surface area contributed by atoms with E-state index in [0.29, 0.717) is 42.4 Å². The fourth-order valence-corrected chi connectivity index (χ4v) is 8.32. The molecule has 334 valence electrons. The first-order valence-corrected chi connectivity index (χ1v) is 20.9. The van der Waals surface area contributed by atoms with E-state index in [1.54, 1.807) is 34.3 Å². The maximum atomic E-state index is 13.8. The zero-order valence-corrected chi connectivity index (χ0v) is 38.2. The number of amides is 4. The molecule has 2 saturated heterocycles. The Bertz CT molecular complexity index is 2560. The molecule has 5 aromatic rings.